The van der Waals surface area contributed by atoms with Crippen LogP contribution < -0.4 is 9.47 Å². The molecule has 1 saturated heterocycles. The highest BCUT2D eigenvalue weighted by Crippen LogP contribution is 2.39. The zero-order chi connectivity index (χ0) is 16.2. The van der Waals surface area contributed by atoms with E-state index < -0.39 is 0 Å². The van der Waals surface area contributed by atoms with Crippen molar-refractivity contribution in [2.45, 2.75) is 5.37 Å². The summed E-state index contributed by atoms with van der Waals surface area (Å²) in [5.41, 5.74) is 1.58. The molecule has 0 radical (unpaired) electrons. The number of carbonyl (C=O) groups is 1. The summed E-state index contributed by atoms with van der Waals surface area (Å²) >= 11 is 1.75. The number of rotatable bonds is 4. The second kappa shape index (κ2) is 6.91. The smallest absolute Gasteiger partial charge is 0.258 e. The Kier molecular flexibility index (Phi) is 4.71. The van der Waals surface area contributed by atoms with Gasteiger partial charge >= 0.3 is 0 Å². The summed E-state index contributed by atoms with van der Waals surface area (Å²) in [6.07, 6.45) is 3.55. The van der Waals surface area contributed by atoms with Gasteiger partial charge in [-0.05, 0) is 18.2 Å². The molecule has 1 unspecified atom stereocenters. The van der Waals surface area contributed by atoms with E-state index in [-0.39, 0.29) is 11.3 Å². The lowest BCUT2D eigenvalue weighted by atomic mass is 10.1. The van der Waals surface area contributed by atoms with Crippen LogP contribution in [-0.2, 0) is 0 Å². The lowest BCUT2D eigenvalue weighted by molar-refractivity contribution is 0.0756. The van der Waals surface area contributed by atoms with Crippen LogP contribution in [0.1, 0.15) is 21.3 Å². The summed E-state index contributed by atoms with van der Waals surface area (Å²) < 4.78 is 10.6. The normalized spacial score (nSPS) is 17.1. The van der Waals surface area contributed by atoms with Crippen LogP contribution in [-0.4, -0.2) is 42.3 Å². The maximum atomic E-state index is 13.0. The number of carbonyl (C=O) groups excluding carboxylic acids is 1. The lowest BCUT2D eigenvalue weighted by Gasteiger charge is -2.24. The molecule has 1 aromatic heterocycles. The molecule has 5 nitrogen and oxygen atoms in total. The van der Waals surface area contributed by atoms with E-state index in [0.717, 1.165) is 11.3 Å². The molecule has 120 valence electrons. The van der Waals surface area contributed by atoms with Crippen molar-refractivity contribution in [1.82, 2.24) is 9.88 Å². The number of methoxy groups -OCH3 is 2. The molecule has 1 amide bonds. The van der Waals surface area contributed by atoms with E-state index in [0.29, 0.717) is 23.6 Å². The molecule has 2 aromatic rings. The van der Waals surface area contributed by atoms with Crippen LogP contribution in [0.15, 0.2) is 42.7 Å². The first-order chi connectivity index (χ1) is 11.2. The van der Waals surface area contributed by atoms with Gasteiger partial charge in [0.05, 0.1) is 19.8 Å². The molecule has 0 spiro atoms. The molecule has 0 bridgehead atoms. The Labute approximate surface area is 139 Å². The second-order valence-corrected chi connectivity index (χ2v) is 6.26. The van der Waals surface area contributed by atoms with Crippen LogP contribution in [0.4, 0.5) is 0 Å². The fourth-order valence-electron chi connectivity index (χ4n) is 2.61. The average Bonchev–Trinajstić information content (AvgIpc) is 3.11. The van der Waals surface area contributed by atoms with Gasteiger partial charge < -0.3 is 14.4 Å². The van der Waals surface area contributed by atoms with Crippen molar-refractivity contribution in [3.8, 4) is 11.5 Å². The fraction of sp³-hybridized carbons (Fsp3) is 0.294. The summed E-state index contributed by atoms with van der Waals surface area (Å²) in [6.45, 7) is 0.707. The summed E-state index contributed by atoms with van der Waals surface area (Å²) in [5, 5.41) is -0.0111. The van der Waals surface area contributed by atoms with Crippen molar-refractivity contribution in [3.05, 3.63) is 53.9 Å². The van der Waals surface area contributed by atoms with Gasteiger partial charge in [-0.1, -0.05) is 6.07 Å². The van der Waals surface area contributed by atoms with Gasteiger partial charge in [-0.3, -0.25) is 9.78 Å². The largest absolute Gasteiger partial charge is 0.497 e. The number of thioether (sulfide) groups is 1. The molecular formula is C17H18N2O3S. The summed E-state index contributed by atoms with van der Waals surface area (Å²) in [7, 11) is 3.15. The van der Waals surface area contributed by atoms with Gasteiger partial charge in [-0.25, -0.2) is 0 Å². The average molecular weight is 330 g/mol. The van der Waals surface area contributed by atoms with E-state index in [4.69, 9.17) is 9.47 Å². The maximum absolute atomic E-state index is 13.0. The number of pyridine rings is 1. The zero-order valence-corrected chi connectivity index (χ0v) is 13.9. The van der Waals surface area contributed by atoms with E-state index in [2.05, 4.69) is 4.98 Å². The van der Waals surface area contributed by atoms with Crippen molar-refractivity contribution in [1.29, 1.82) is 0 Å². The Morgan fingerprint density at radius 2 is 2.17 bits per heavy atom. The SMILES string of the molecule is COc1ccc(C(=O)N2CCSC2c2cccnc2)c(OC)c1. The third-order valence-corrected chi connectivity index (χ3v) is 5.02. The van der Waals surface area contributed by atoms with Crippen LogP contribution >= 0.6 is 11.8 Å². The molecular weight excluding hydrogens is 312 g/mol. The van der Waals surface area contributed by atoms with E-state index in [1.54, 1.807) is 50.4 Å². The Morgan fingerprint density at radius 1 is 1.30 bits per heavy atom. The molecule has 0 N–H and O–H groups in total. The number of ether oxygens (including phenoxy) is 2. The molecule has 1 atom stereocenters. The first-order valence-electron chi connectivity index (χ1n) is 7.29. The topological polar surface area (TPSA) is 51.7 Å². The minimum atomic E-state index is -0.0386. The fourth-order valence-corrected chi connectivity index (χ4v) is 3.84. The first-order valence-corrected chi connectivity index (χ1v) is 8.34. The highest BCUT2D eigenvalue weighted by molar-refractivity contribution is 7.99. The Morgan fingerprint density at radius 3 is 2.87 bits per heavy atom. The van der Waals surface area contributed by atoms with Gasteiger partial charge in [0.1, 0.15) is 16.9 Å². The second-order valence-electron chi connectivity index (χ2n) is 5.07. The minimum Gasteiger partial charge on any atom is -0.497 e. The van der Waals surface area contributed by atoms with Gasteiger partial charge in [0.15, 0.2) is 0 Å². The van der Waals surface area contributed by atoms with Crippen molar-refractivity contribution < 1.29 is 14.3 Å². The highest BCUT2D eigenvalue weighted by Gasteiger charge is 2.32. The van der Waals surface area contributed by atoms with E-state index in [9.17, 15) is 4.79 Å². The van der Waals surface area contributed by atoms with E-state index in [1.165, 1.54) is 0 Å². The standard InChI is InChI=1S/C17H18N2O3S/c1-21-13-5-6-14(15(10-13)22-2)16(20)19-8-9-23-17(19)12-4-3-7-18-11-12/h3-7,10-11,17H,8-9H2,1-2H3. The Hall–Kier alpha value is -2.21. The minimum absolute atomic E-state index is 0.0111. The van der Waals surface area contributed by atoms with Gasteiger partial charge in [-0.2, -0.15) is 0 Å². The quantitative estimate of drug-likeness (QED) is 0.862. The van der Waals surface area contributed by atoms with Crippen LogP contribution in [0.5, 0.6) is 11.5 Å². The van der Waals surface area contributed by atoms with Crippen molar-refractivity contribution in [2.75, 3.05) is 26.5 Å². The summed E-state index contributed by atoms with van der Waals surface area (Å²) in [5.74, 6) is 2.06. The molecule has 0 saturated carbocycles. The van der Waals surface area contributed by atoms with Gasteiger partial charge in [0.25, 0.3) is 5.91 Å². The molecule has 1 fully saturated rings. The molecule has 6 heteroatoms. The Bertz CT molecular complexity index is 693. The number of amides is 1. The van der Waals surface area contributed by atoms with Crippen molar-refractivity contribution in [2.24, 2.45) is 0 Å². The number of benzene rings is 1. The first kappa shape index (κ1) is 15.7. The summed E-state index contributed by atoms with van der Waals surface area (Å²) in [6, 6.07) is 9.16. The number of aromatic nitrogens is 1. The van der Waals surface area contributed by atoms with Crippen LogP contribution in [0.2, 0.25) is 0 Å². The number of hydrogen-bond acceptors (Lipinski definition) is 5. The molecule has 1 aliphatic rings. The molecule has 23 heavy (non-hydrogen) atoms. The predicted octanol–water partition coefficient (Wildman–Crippen LogP) is 2.99. The molecule has 2 heterocycles. The zero-order valence-electron chi connectivity index (χ0n) is 13.1. The maximum Gasteiger partial charge on any atom is 0.258 e. The monoisotopic (exact) mass is 330 g/mol. The van der Waals surface area contributed by atoms with E-state index >= 15 is 0 Å². The molecule has 3 rings (SSSR count). The van der Waals surface area contributed by atoms with Crippen LogP contribution in [0.25, 0.3) is 0 Å². The van der Waals surface area contributed by atoms with Crippen molar-refractivity contribution in [3.63, 3.8) is 0 Å². The highest BCUT2D eigenvalue weighted by atomic mass is 32.2. The predicted molar refractivity (Wildman–Crippen MR) is 90.0 cm³/mol. The molecule has 0 aliphatic carbocycles. The molecule has 1 aliphatic heterocycles. The summed E-state index contributed by atoms with van der Waals surface area (Å²) in [4.78, 5) is 19.0. The third kappa shape index (κ3) is 3.12. The lowest BCUT2D eigenvalue weighted by Crippen LogP contribution is -2.30. The third-order valence-electron chi connectivity index (χ3n) is 3.76. The van der Waals surface area contributed by atoms with E-state index in [1.807, 2.05) is 23.2 Å². The number of hydrogen-bond donors (Lipinski definition) is 0. The van der Waals surface area contributed by atoms with Crippen LogP contribution in [0, 0.1) is 0 Å². The van der Waals surface area contributed by atoms with Gasteiger partial charge in [-0.15, -0.1) is 11.8 Å². The van der Waals surface area contributed by atoms with Crippen molar-refractivity contribution >= 4 is 17.7 Å². The van der Waals surface area contributed by atoms with Gasteiger partial charge in [0, 0.05) is 36.3 Å². The van der Waals surface area contributed by atoms with Gasteiger partial charge in [0.2, 0.25) is 0 Å². The Balaban J connectivity index is 1.90. The van der Waals surface area contributed by atoms with Crippen LogP contribution in [0.3, 0.4) is 0 Å². The number of nitrogens with zero attached hydrogens (tertiary/aromatic N) is 2. The molecule has 1 aromatic carbocycles.